The fourth-order valence-corrected chi connectivity index (χ4v) is 2.55. The van der Waals surface area contributed by atoms with E-state index in [2.05, 4.69) is 5.32 Å². The fraction of sp³-hybridized carbons (Fsp3) is 0.529. The van der Waals surface area contributed by atoms with Crippen LogP contribution in [-0.4, -0.2) is 59.1 Å². The summed E-state index contributed by atoms with van der Waals surface area (Å²) in [5.74, 6) is -0.188. The monoisotopic (exact) mass is 353 g/mol. The van der Waals surface area contributed by atoms with Gasteiger partial charge in [-0.3, -0.25) is 4.79 Å². The molecule has 138 valence electrons. The molecule has 0 aromatic heterocycles. The molecule has 1 amide bonds. The molecule has 8 nitrogen and oxygen atoms in total. The standard InChI is InChI=1S/C17H23NO7/c1-21-13-7-6-12(15(22-2)16(13)23-3)17(20)25-10-14(19)18-9-11-5-4-8-24-11/h6-7,11H,4-5,8-10H2,1-3H3,(H,18,19)/t11-/m0/s1. The normalized spacial score (nSPS) is 16.2. The average Bonchev–Trinajstić information content (AvgIpc) is 3.16. The van der Waals surface area contributed by atoms with Crippen molar-refractivity contribution in [1.82, 2.24) is 5.32 Å². The minimum absolute atomic E-state index is 0.0330. The smallest absolute Gasteiger partial charge is 0.342 e. The Kier molecular flexibility index (Phi) is 6.88. The van der Waals surface area contributed by atoms with Crippen molar-refractivity contribution in [3.05, 3.63) is 17.7 Å². The van der Waals surface area contributed by atoms with E-state index in [1.807, 2.05) is 0 Å². The Morgan fingerprint density at radius 3 is 2.52 bits per heavy atom. The molecule has 1 atom stereocenters. The van der Waals surface area contributed by atoms with Crippen LogP contribution in [0.1, 0.15) is 23.2 Å². The number of esters is 1. The van der Waals surface area contributed by atoms with Gasteiger partial charge in [0, 0.05) is 13.2 Å². The minimum atomic E-state index is -0.690. The third-order valence-corrected chi connectivity index (χ3v) is 3.81. The van der Waals surface area contributed by atoms with Crippen LogP contribution in [0.2, 0.25) is 0 Å². The zero-order valence-electron chi connectivity index (χ0n) is 14.6. The highest BCUT2D eigenvalue weighted by Crippen LogP contribution is 2.39. The quantitative estimate of drug-likeness (QED) is 0.701. The van der Waals surface area contributed by atoms with Crippen molar-refractivity contribution in [3.63, 3.8) is 0 Å². The molecule has 1 aliphatic heterocycles. The van der Waals surface area contributed by atoms with E-state index in [1.54, 1.807) is 6.07 Å². The van der Waals surface area contributed by atoms with Crippen LogP contribution in [0.25, 0.3) is 0 Å². The third-order valence-electron chi connectivity index (χ3n) is 3.81. The van der Waals surface area contributed by atoms with Crippen LogP contribution in [0, 0.1) is 0 Å². The minimum Gasteiger partial charge on any atom is -0.493 e. The SMILES string of the molecule is COc1ccc(C(=O)OCC(=O)NC[C@@H]2CCCO2)c(OC)c1OC. The Labute approximate surface area is 146 Å². The number of methoxy groups -OCH3 is 3. The molecule has 0 spiro atoms. The number of amides is 1. The summed E-state index contributed by atoms with van der Waals surface area (Å²) in [6.45, 7) is 0.744. The summed E-state index contributed by atoms with van der Waals surface area (Å²) in [6.07, 6.45) is 1.95. The summed E-state index contributed by atoms with van der Waals surface area (Å²) < 4.78 is 26.1. The van der Waals surface area contributed by atoms with Gasteiger partial charge in [0.15, 0.2) is 18.1 Å². The molecule has 1 heterocycles. The maximum Gasteiger partial charge on any atom is 0.342 e. The maximum absolute atomic E-state index is 12.3. The molecule has 1 aromatic rings. The summed E-state index contributed by atoms with van der Waals surface area (Å²) in [7, 11) is 4.32. The fourth-order valence-electron chi connectivity index (χ4n) is 2.55. The van der Waals surface area contributed by atoms with Gasteiger partial charge in [-0.2, -0.15) is 0 Å². The largest absolute Gasteiger partial charge is 0.493 e. The molecule has 1 N–H and O–H groups in total. The highest BCUT2D eigenvalue weighted by molar-refractivity contribution is 5.95. The Morgan fingerprint density at radius 1 is 1.16 bits per heavy atom. The number of benzene rings is 1. The Morgan fingerprint density at radius 2 is 1.92 bits per heavy atom. The summed E-state index contributed by atoms with van der Waals surface area (Å²) in [5.41, 5.74) is 0.145. The lowest BCUT2D eigenvalue weighted by Gasteiger charge is -2.15. The van der Waals surface area contributed by atoms with E-state index in [4.69, 9.17) is 23.7 Å². The lowest BCUT2D eigenvalue weighted by molar-refractivity contribution is -0.124. The Bertz CT molecular complexity index is 611. The predicted octanol–water partition coefficient (Wildman–Crippen LogP) is 1.16. The summed E-state index contributed by atoms with van der Waals surface area (Å²) in [5, 5.41) is 2.68. The first-order valence-corrected chi connectivity index (χ1v) is 7.95. The van der Waals surface area contributed by atoms with Gasteiger partial charge in [0.05, 0.1) is 27.4 Å². The van der Waals surface area contributed by atoms with Crippen LogP contribution in [-0.2, 0) is 14.3 Å². The van der Waals surface area contributed by atoms with Crippen LogP contribution < -0.4 is 19.5 Å². The van der Waals surface area contributed by atoms with Gasteiger partial charge in [0.1, 0.15) is 5.56 Å². The number of carbonyl (C=O) groups excluding carboxylic acids is 2. The van der Waals surface area contributed by atoms with Gasteiger partial charge in [0.25, 0.3) is 5.91 Å². The van der Waals surface area contributed by atoms with Gasteiger partial charge < -0.3 is 29.0 Å². The molecule has 1 aliphatic rings. The number of ether oxygens (including phenoxy) is 5. The van der Waals surface area contributed by atoms with Crippen molar-refractivity contribution in [2.75, 3.05) is 41.1 Å². The first kappa shape index (κ1) is 18.9. The molecule has 0 radical (unpaired) electrons. The molecule has 0 saturated carbocycles. The lowest BCUT2D eigenvalue weighted by atomic mass is 10.1. The number of nitrogens with one attached hydrogen (secondary N) is 1. The molecule has 2 rings (SSSR count). The van der Waals surface area contributed by atoms with Crippen molar-refractivity contribution in [1.29, 1.82) is 0 Å². The van der Waals surface area contributed by atoms with Crippen molar-refractivity contribution in [3.8, 4) is 17.2 Å². The topological polar surface area (TPSA) is 92.3 Å². The van der Waals surface area contributed by atoms with E-state index in [9.17, 15) is 9.59 Å². The third kappa shape index (κ3) is 4.76. The van der Waals surface area contributed by atoms with E-state index >= 15 is 0 Å². The molecule has 0 bridgehead atoms. The second-order valence-electron chi connectivity index (χ2n) is 5.40. The van der Waals surface area contributed by atoms with Gasteiger partial charge in [-0.05, 0) is 25.0 Å². The maximum atomic E-state index is 12.3. The second kappa shape index (κ2) is 9.12. The number of carbonyl (C=O) groups is 2. The summed E-state index contributed by atoms with van der Waals surface area (Å²) >= 11 is 0. The second-order valence-corrected chi connectivity index (χ2v) is 5.40. The van der Waals surface area contributed by atoms with Crippen LogP contribution >= 0.6 is 0 Å². The van der Waals surface area contributed by atoms with E-state index in [0.29, 0.717) is 18.9 Å². The lowest BCUT2D eigenvalue weighted by Crippen LogP contribution is -2.34. The molecule has 25 heavy (non-hydrogen) atoms. The van der Waals surface area contributed by atoms with Crippen LogP contribution in [0.3, 0.4) is 0 Å². The summed E-state index contributed by atoms with van der Waals surface area (Å²) in [6, 6.07) is 3.06. The first-order chi connectivity index (χ1) is 12.1. The van der Waals surface area contributed by atoms with Crippen molar-refractivity contribution in [2.45, 2.75) is 18.9 Å². The molecular weight excluding hydrogens is 330 g/mol. The predicted molar refractivity (Wildman–Crippen MR) is 88.4 cm³/mol. The molecular formula is C17H23NO7. The van der Waals surface area contributed by atoms with Gasteiger partial charge in [-0.25, -0.2) is 4.79 Å². The molecule has 1 saturated heterocycles. The van der Waals surface area contributed by atoms with E-state index in [-0.39, 0.29) is 35.7 Å². The van der Waals surface area contributed by atoms with Gasteiger partial charge in [-0.15, -0.1) is 0 Å². The van der Waals surface area contributed by atoms with E-state index in [0.717, 1.165) is 12.8 Å². The van der Waals surface area contributed by atoms with Crippen molar-refractivity contribution < 1.29 is 33.3 Å². The first-order valence-electron chi connectivity index (χ1n) is 7.95. The van der Waals surface area contributed by atoms with Gasteiger partial charge in [-0.1, -0.05) is 0 Å². The van der Waals surface area contributed by atoms with Crippen molar-refractivity contribution >= 4 is 11.9 Å². The molecule has 0 unspecified atom stereocenters. The molecule has 1 fully saturated rings. The number of hydrogen-bond acceptors (Lipinski definition) is 7. The van der Waals surface area contributed by atoms with E-state index in [1.165, 1.54) is 27.4 Å². The number of rotatable bonds is 8. The highest BCUT2D eigenvalue weighted by Gasteiger charge is 2.22. The van der Waals surface area contributed by atoms with Gasteiger partial charge in [0.2, 0.25) is 5.75 Å². The van der Waals surface area contributed by atoms with Crippen LogP contribution in [0.15, 0.2) is 12.1 Å². The van der Waals surface area contributed by atoms with Gasteiger partial charge >= 0.3 is 5.97 Å². The zero-order valence-corrected chi connectivity index (χ0v) is 14.6. The molecule has 8 heteroatoms. The zero-order chi connectivity index (χ0) is 18.2. The summed E-state index contributed by atoms with van der Waals surface area (Å²) in [4.78, 5) is 24.0. The molecule has 0 aliphatic carbocycles. The van der Waals surface area contributed by atoms with Crippen LogP contribution in [0.5, 0.6) is 17.2 Å². The van der Waals surface area contributed by atoms with E-state index < -0.39 is 5.97 Å². The Hall–Kier alpha value is -2.48. The van der Waals surface area contributed by atoms with Crippen molar-refractivity contribution in [2.24, 2.45) is 0 Å². The highest BCUT2D eigenvalue weighted by atomic mass is 16.5. The Balaban J connectivity index is 1.94. The van der Waals surface area contributed by atoms with Crippen LogP contribution in [0.4, 0.5) is 0 Å². The number of hydrogen-bond donors (Lipinski definition) is 1. The average molecular weight is 353 g/mol. The molecule has 1 aromatic carbocycles.